The summed E-state index contributed by atoms with van der Waals surface area (Å²) in [6.07, 6.45) is 0.260. The summed E-state index contributed by atoms with van der Waals surface area (Å²) >= 11 is 3.45. The Kier molecular flexibility index (Phi) is 11.0. The number of nitrogens with one attached hydrogen (secondary N) is 1. The lowest BCUT2D eigenvalue weighted by Crippen LogP contribution is -2.53. The number of hydrogen-bond donors (Lipinski definition) is 1. The van der Waals surface area contributed by atoms with Crippen molar-refractivity contribution < 1.29 is 18.0 Å². The fourth-order valence-electron chi connectivity index (χ4n) is 4.90. The van der Waals surface area contributed by atoms with Crippen LogP contribution in [0, 0.1) is 6.92 Å². The smallest absolute Gasteiger partial charge is 0.264 e. The Labute approximate surface area is 269 Å². The number of halogens is 1. The third kappa shape index (κ3) is 8.15. The van der Waals surface area contributed by atoms with Gasteiger partial charge >= 0.3 is 0 Å². The van der Waals surface area contributed by atoms with Crippen LogP contribution >= 0.6 is 15.9 Å². The molecule has 0 aliphatic heterocycles. The van der Waals surface area contributed by atoms with Gasteiger partial charge in [0.25, 0.3) is 10.0 Å². The van der Waals surface area contributed by atoms with Crippen LogP contribution in [0.3, 0.4) is 0 Å². The van der Waals surface area contributed by atoms with E-state index in [1.807, 2.05) is 73.7 Å². The maximum absolute atomic E-state index is 14.4. The summed E-state index contributed by atoms with van der Waals surface area (Å²) in [4.78, 5) is 29.3. The lowest BCUT2D eigenvalue weighted by Gasteiger charge is -2.33. The molecule has 4 rings (SSSR count). The normalized spacial score (nSPS) is 12.0. The summed E-state index contributed by atoms with van der Waals surface area (Å²) < 4.78 is 30.3. The lowest BCUT2D eigenvalue weighted by molar-refractivity contribution is -0.139. The van der Waals surface area contributed by atoms with E-state index in [4.69, 9.17) is 0 Å². The van der Waals surface area contributed by atoms with Crippen molar-refractivity contribution in [2.45, 2.75) is 50.6 Å². The molecule has 44 heavy (non-hydrogen) atoms. The molecule has 0 heterocycles. The van der Waals surface area contributed by atoms with Crippen LogP contribution in [-0.2, 0) is 32.6 Å². The second-order valence-corrected chi connectivity index (χ2v) is 13.8. The Hall–Kier alpha value is -3.95. The number of aryl methyl sites for hydroxylation is 1. The summed E-state index contributed by atoms with van der Waals surface area (Å²) in [7, 11) is -2.61. The first-order chi connectivity index (χ1) is 21.0. The lowest BCUT2D eigenvalue weighted by atomic mass is 10.0. The minimum absolute atomic E-state index is 0.0791. The second-order valence-electron chi connectivity index (χ2n) is 11.0. The third-order valence-corrected chi connectivity index (χ3v) is 9.84. The van der Waals surface area contributed by atoms with E-state index < -0.39 is 28.5 Å². The van der Waals surface area contributed by atoms with Gasteiger partial charge in [-0.3, -0.25) is 13.9 Å². The largest absolute Gasteiger partial charge is 0.357 e. The molecule has 0 bridgehead atoms. The molecule has 7 nitrogen and oxygen atoms in total. The van der Waals surface area contributed by atoms with Crippen LogP contribution in [0.4, 0.5) is 5.69 Å². The van der Waals surface area contributed by atoms with E-state index in [-0.39, 0.29) is 29.7 Å². The highest BCUT2D eigenvalue weighted by atomic mass is 79.9. The predicted octanol–water partition coefficient (Wildman–Crippen LogP) is 6.46. The van der Waals surface area contributed by atoms with Gasteiger partial charge < -0.3 is 10.2 Å². The van der Waals surface area contributed by atoms with Gasteiger partial charge in [-0.25, -0.2) is 8.42 Å². The van der Waals surface area contributed by atoms with Gasteiger partial charge in [0.15, 0.2) is 0 Å². The van der Waals surface area contributed by atoms with Crippen LogP contribution in [0.1, 0.15) is 42.0 Å². The van der Waals surface area contributed by atoms with Crippen LogP contribution in [-0.4, -0.2) is 44.8 Å². The van der Waals surface area contributed by atoms with Crippen LogP contribution in [0.25, 0.3) is 0 Å². The van der Waals surface area contributed by atoms with Crippen LogP contribution in [0.2, 0.25) is 0 Å². The van der Waals surface area contributed by atoms with Crippen molar-refractivity contribution in [1.29, 1.82) is 0 Å². The first kappa shape index (κ1) is 33.0. The van der Waals surface area contributed by atoms with Crippen LogP contribution in [0.5, 0.6) is 0 Å². The van der Waals surface area contributed by atoms with Gasteiger partial charge in [-0.15, -0.1) is 0 Å². The first-order valence-electron chi connectivity index (χ1n) is 14.5. The maximum atomic E-state index is 14.4. The summed E-state index contributed by atoms with van der Waals surface area (Å²) in [6, 6.07) is 29.9. The van der Waals surface area contributed by atoms with Gasteiger partial charge in [0.2, 0.25) is 11.8 Å². The molecule has 230 valence electrons. The molecule has 0 aromatic heterocycles. The van der Waals surface area contributed by atoms with Crippen molar-refractivity contribution in [3.8, 4) is 0 Å². The molecule has 0 aliphatic carbocycles. The number of anilines is 1. The average molecular weight is 677 g/mol. The predicted molar refractivity (Wildman–Crippen MR) is 179 cm³/mol. The zero-order chi connectivity index (χ0) is 31.9. The van der Waals surface area contributed by atoms with E-state index in [1.165, 1.54) is 11.9 Å². The van der Waals surface area contributed by atoms with Crippen molar-refractivity contribution in [3.05, 3.63) is 130 Å². The van der Waals surface area contributed by atoms with E-state index >= 15 is 0 Å². The van der Waals surface area contributed by atoms with E-state index in [2.05, 4.69) is 35.1 Å². The topological polar surface area (TPSA) is 86.8 Å². The molecule has 0 radical (unpaired) electrons. The molecular formula is C35H38BrN3O4S. The molecule has 4 aromatic rings. The highest BCUT2D eigenvalue weighted by molar-refractivity contribution is 9.10. The molecule has 1 N–H and O–H groups in total. The van der Waals surface area contributed by atoms with Gasteiger partial charge in [0.05, 0.1) is 10.6 Å². The number of likely N-dealkylation sites (N-methyl/N-ethyl adjacent to an activating group) is 1. The number of amides is 2. The second kappa shape index (κ2) is 14.7. The Morgan fingerprint density at radius 2 is 1.43 bits per heavy atom. The molecule has 1 atom stereocenters. The molecule has 0 aliphatic rings. The number of hydrogen-bond acceptors (Lipinski definition) is 4. The van der Waals surface area contributed by atoms with E-state index in [1.54, 1.807) is 36.4 Å². The maximum Gasteiger partial charge on any atom is 0.264 e. The molecule has 0 saturated heterocycles. The molecule has 0 saturated carbocycles. The summed E-state index contributed by atoms with van der Waals surface area (Å²) in [6.45, 7) is 5.63. The number of benzene rings is 4. The molecule has 0 spiro atoms. The Morgan fingerprint density at radius 3 is 2.00 bits per heavy atom. The molecule has 2 amide bonds. The van der Waals surface area contributed by atoms with E-state index in [9.17, 15) is 18.0 Å². The van der Waals surface area contributed by atoms with Crippen molar-refractivity contribution in [2.24, 2.45) is 0 Å². The van der Waals surface area contributed by atoms with Crippen molar-refractivity contribution in [3.63, 3.8) is 0 Å². The summed E-state index contributed by atoms with van der Waals surface area (Å²) in [5, 5.41) is 2.71. The minimum Gasteiger partial charge on any atom is -0.357 e. The Balaban J connectivity index is 1.79. The zero-order valence-corrected chi connectivity index (χ0v) is 27.8. The zero-order valence-electron chi connectivity index (χ0n) is 25.4. The molecule has 1 unspecified atom stereocenters. The highest BCUT2D eigenvalue weighted by Gasteiger charge is 2.34. The average Bonchev–Trinajstić information content (AvgIpc) is 3.02. The number of carbonyl (C=O) groups is 2. The Morgan fingerprint density at radius 1 is 0.818 bits per heavy atom. The van der Waals surface area contributed by atoms with Crippen LogP contribution < -0.4 is 9.62 Å². The minimum atomic E-state index is -4.14. The fraction of sp³-hybridized carbons (Fsp3) is 0.257. The standard InChI is InChI=1S/C35H38BrN3O4S/c1-25(2)29-14-18-31(19-15-29)39(44(42,43)32-20-10-26(3)11-21-32)24-34(40)38(23-28-12-16-30(36)17-13-28)33(35(41)37-4)22-27-8-6-5-7-9-27/h5-21,25,33H,22-24H2,1-4H3,(H,37,41). The number of sulfonamides is 1. The van der Waals surface area contributed by atoms with E-state index in [0.29, 0.717) is 5.69 Å². The molecule has 4 aromatic carbocycles. The van der Waals surface area contributed by atoms with Crippen LogP contribution in [0.15, 0.2) is 112 Å². The molecule has 9 heteroatoms. The monoisotopic (exact) mass is 675 g/mol. The van der Waals surface area contributed by atoms with Crippen molar-refractivity contribution in [2.75, 3.05) is 17.9 Å². The van der Waals surface area contributed by atoms with Gasteiger partial charge in [-0.2, -0.15) is 0 Å². The van der Waals surface area contributed by atoms with Gasteiger partial charge in [-0.05, 0) is 65.9 Å². The van der Waals surface area contributed by atoms with Gasteiger partial charge in [-0.1, -0.05) is 102 Å². The quantitative estimate of drug-likeness (QED) is 0.187. The Bertz CT molecular complexity index is 1660. The molecular weight excluding hydrogens is 638 g/mol. The number of carbonyl (C=O) groups excluding carboxylic acids is 2. The SMILES string of the molecule is CNC(=O)C(Cc1ccccc1)N(Cc1ccc(Br)cc1)C(=O)CN(c1ccc(C(C)C)cc1)S(=O)(=O)c1ccc(C)cc1. The van der Waals surface area contributed by atoms with E-state index in [0.717, 1.165) is 31.0 Å². The van der Waals surface area contributed by atoms with Crippen molar-refractivity contribution in [1.82, 2.24) is 10.2 Å². The number of nitrogens with zero attached hydrogens (tertiary/aromatic N) is 2. The first-order valence-corrected chi connectivity index (χ1v) is 16.7. The summed E-state index contributed by atoms with van der Waals surface area (Å²) in [5.41, 5.74) is 4.02. The van der Waals surface area contributed by atoms with Gasteiger partial charge in [0.1, 0.15) is 12.6 Å². The number of rotatable bonds is 12. The van der Waals surface area contributed by atoms with Gasteiger partial charge in [0, 0.05) is 24.5 Å². The summed E-state index contributed by atoms with van der Waals surface area (Å²) in [5.74, 6) is -0.588. The highest BCUT2D eigenvalue weighted by Crippen LogP contribution is 2.27. The fourth-order valence-corrected chi connectivity index (χ4v) is 6.58. The van der Waals surface area contributed by atoms with Crippen molar-refractivity contribution >= 4 is 43.5 Å². The third-order valence-electron chi connectivity index (χ3n) is 7.52. The molecule has 0 fully saturated rings.